The smallest absolute Gasteiger partial charge is 0.352 e. The Labute approximate surface area is 217 Å². The molecule has 37 heavy (non-hydrogen) atoms. The number of H-pyrrole nitrogens is 2. The molecule has 1 atom stereocenters. The Balaban J connectivity index is 1.67. The van der Waals surface area contributed by atoms with Crippen LogP contribution in [0.4, 0.5) is 11.4 Å². The van der Waals surface area contributed by atoms with Crippen LogP contribution in [-0.4, -0.2) is 74.8 Å². The van der Waals surface area contributed by atoms with Crippen molar-refractivity contribution in [1.82, 2.24) is 9.97 Å². The first-order valence-electron chi connectivity index (χ1n) is 11.5. The van der Waals surface area contributed by atoms with E-state index in [9.17, 15) is 14.7 Å². The first-order valence-corrected chi connectivity index (χ1v) is 12.1. The van der Waals surface area contributed by atoms with E-state index in [1.54, 1.807) is 23.1 Å². The van der Waals surface area contributed by atoms with E-state index in [1.807, 2.05) is 25.1 Å². The molecule has 1 aliphatic heterocycles. The number of alkyl halides is 1. The third-order valence-electron chi connectivity index (χ3n) is 6.81. The average molecular weight is 527 g/mol. The number of carboxylic acid groups (broad SMARTS) is 1. The fourth-order valence-electron chi connectivity index (χ4n) is 5.14. The number of nitrogens with zero attached hydrogens (tertiary/aromatic N) is 2. The number of aromatic nitrogens is 2. The van der Waals surface area contributed by atoms with E-state index >= 15 is 0 Å². The molecule has 0 saturated carbocycles. The zero-order valence-electron chi connectivity index (χ0n) is 21.1. The van der Waals surface area contributed by atoms with Crippen LogP contribution in [0.1, 0.15) is 32.5 Å². The standard InChI is InChI=1S/C26H27ClN4O6/c1-30(2)18-9-17-20(14-8-16(26(33)34)29-22(14)18)13(10-27)11-31(17)25(32)15-6-12-7-19(35-3)23(36-4)24(37-5)21(12)28-15/h6-9,13,28-29H,10-11H2,1-5H3,(H,33,34). The van der Waals surface area contributed by atoms with Gasteiger partial charge in [0.2, 0.25) is 5.75 Å². The normalized spacial score (nSPS) is 14.8. The minimum atomic E-state index is -1.05. The van der Waals surface area contributed by atoms with Crippen molar-refractivity contribution in [2.24, 2.45) is 0 Å². The number of methoxy groups -OCH3 is 3. The van der Waals surface area contributed by atoms with Gasteiger partial charge in [-0.15, -0.1) is 11.6 Å². The van der Waals surface area contributed by atoms with E-state index in [-0.39, 0.29) is 23.4 Å². The maximum atomic E-state index is 13.9. The summed E-state index contributed by atoms with van der Waals surface area (Å²) in [6.45, 7) is 0.358. The first-order chi connectivity index (χ1) is 17.7. The number of anilines is 2. The summed E-state index contributed by atoms with van der Waals surface area (Å²) in [7, 11) is 8.32. The molecule has 0 saturated heterocycles. The van der Waals surface area contributed by atoms with Crippen molar-refractivity contribution in [3.05, 3.63) is 41.2 Å². The zero-order chi connectivity index (χ0) is 26.6. The van der Waals surface area contributed by atoms with Crippen LogP contribution in [0.15, 0.2) is 24.3 Å². The molecule has 3 N–H and O–H groups in total. The van der Waals surface area contributed by atoms with E-state index in [1.165, 1.54) is 21.3 Å². The molecule has 4 aromatic rings. The van der Waals surface area contributed by atoms with Crippen molar-refractivity contribution in [3.63, 3.8) is 0 Å². The van der Waals surface area contributed by atoms with Crippen LogP contribution < -0.4 is 24.0 Å². The lowest BCUT2D eigenvalue weighted by atomic mass is 9.98. The maximum absolute atomic E-state index is 13.9. The third-order valence-corrected chi connectivity index (χ3v) is 7.18. The van der Waals surface area contributed by atoms with Gasteiger partial charge in [0, 0.05) is 43.2 Å². The molecule has 0 aliphatic carbocycles. The van der Waals surface area contributed by atoms with Crippen molar-refractivity contribution in [2.45, 2.75) is 5.92 Å². The highest BCUT2D eigenvalue weighted by Gasteiger charge is 2.36. The second kappa shape index (κ2) is 9.11. The number of hydrogen-bond donors (Lipinski definition) is 3. The Hall–Kier alpha value is -4.05. The van der Waals surface area contributed by atoms with E-state index in [4.69, 9.17) is 25.8 Å². The second-order valence-electron chi connectivity index (χ2n) is 9.06. The highest BCUT2D eigenvalue weighted by Crippen LogP contribution is 2.47. The number of carboxylic acids is 1. The molecular formula is C26H27ClN4O6. The van der Waals surface area contributed by atoms with Gasteiger partial charge in [0.05, 0.1) is 43.7 Å². The van der Waals surface area contributed by atoms with Gasteiger partial charge >= 0.3 is 5.97 Å². The molecule has 11 heteroatoms. The molecule has 1 unspecified atom stereocenters. The Morgan fingerprint density at radius 1 is 1.03 bits per heavy atom. The van der Waals surface area contributed by atoms with E-state index in [2.05, 4.69) is 9.97 Å². The molecular weight excluding hydrogens is 500 g/mol. The van der Waals surface area contributed by atoms with Gasteiger partial charge in [0.25, 0.3) is 5.91 Å². The Morgan fingerprint density at radius 2 is 1.73 bits per heavy atom. The number of ether oxygens (including phenoxy) is 3. The van der Waals surface area contributed by atoms with Gasteiger partial charge in [0.15, 0.2) is 11.5 Å². The first kappa shape index (κ1) is 24.6. The number of carbonyl (C=O) groups is 2. The number of fused-ring (bicyclic) bond motifs is 4. The quantitative estimate of drug-likeness (QED) is 0.305. The number of aromatic amines is 2. The number of carbonyl (C=O) groups excluding carboxylic acids is 1. The minimum absolute atomic E-state index is 0.0789. The lowest BCUT2D eigenvalue weighted by Crippen LogP contribution is -2.30. The topological polar surface area (TPSA) is 120 Å². The largest absolute Gasteiger partial charge is 0.493 e. The summed E-state index contributed by atoms with van der Waals surface area (Å²) in [6, 6.07) is 7.05. The van der Waals surface area contributed by atoms with Gasteiger partial charge in [-0.05, 0) is 29.8 Å². The van der Waals surface area contributed by atoms with Crippen LogP contribution in [-0.2, 0) is 0 Å². The highest BCUT2D eigenvalue weighted by molar-refractivity contribution is 6.19. The monoisotopic (exact) mass is 526 g/mol. The fourth-order valence-corrected chi connectivity index (χ4v) is 5.39. The Kier molecular flexibility index (Phi) is 6.07. The molecule has 1 amide bonds. The van der Waals surface area contributed by atoms with Crippen LogP contribution in [0, 0.1) is 0 Å². The number of halogens is 1. The predicted molar refractivity (Wildman–Crippen MR) is 143 cm³/mol. The molecule has 2 aromatic carbocycles. The van der Waals surface area contributed by atoms with Crippen LogP contribution in [0.5, 0.6) is 17.2 Å². The fraction of sp³-hybridized carbons (Fsp3) is 0.308. The summed E-state index contributed by atoms with van der Waals surface area (Å²) in [4.78, 5) is 35.4. The molecule has 0 fully saturated rings. The van der Waals surface area contributed by atoms with Crippen LogP contribution in [0.25, 0.3) is 21.8 Å². The summed E-state index contributed by atoms with van der Waals surface area (Å²) in [5.41, 5.74) is 4.06. The number of amides is 1. The van der Waals surface area contributed by atoms with Crippen molar-refractivity contribution in [1.29, 1.82) is 0 Å². The van der Waals surface area contributed by atoms with Gasteiger partial charge in [-0.25, -0.2) is 4.79 Å². The van der Waals surface area contributed by atoms with Crippen molar-refractivity contribution in [2.75, 3.05) is 57.6 Å². The zero-order valence-corrected chi connectivity index (χ0v) is 21.8. The number of hydrogen-bond acceptors (Lipinski definition) is 6. The summed E-state index contributed by atoms with van der Waals surface area (Å²) in [6.07, 6.45) is 0. The summed E-state index contributed by atoms with van der Waals surface area (Å²) in [5.74, 6) is 0.141. The van der Waals surface area contributed by atoms with Gasteiger partial charge < -0.3 is 39.1 Å². The number of rotatable bonds is 7. The molecule has 3 heterocycles. The van der Waals surface area contributed by atoms with Gasteiger partial charge in [-0.2, -0.15) is 0 Å². The third kappa shape index (κ3) is 3.71. The molecule has 10 nitrogen and oxygen atoms in total. The average Bonchev–Trinajstić information content (AvgIpc) is 3.60. The summed E-state index contributed by atoms with van der Waals surface area (Å²) < 4.78 is 16.5. The van der Waals surface area contributed by atoms with Crippen molar-refractivity contribution < 1.29 is 28.9 Å². The molecule has 0 radical (unpaired) electrons. The summed E-state index contributed by atoms with van der Waals surface area (Å²) in [5, 5.41) is 11.1. The highest BCUT2D eigenvalue weighted by atomic mass is 35.5. The lowest BCUT2D eigenvalue weighted by molar-refractivity contribution is 0.0691. The van der Waals surface area contributed by atoms with Crippen LogP contribution >= 0.6 is 11.6 Å². The number of aromatic carboxylic acids is 1. The molecule has 194 valence electrons. The number of nitrogens with one attached hydrogen (secondary N) is 2. The van der Waals surface area contributed by atoms with Gasteiger partial charge in [-0.1, -0.05) is 0 Å². The second-order valence-corrected chi connectivity index (χ2v) is 9.37. The van der Waals surface area contributed by atoms with E-state index in [0.29, 0.717) is 46.2 Å². The molecule has 0 spiro atoms. The van der Waals surface area contributed by atoms with E-state index in [0.717, 1.165) is 22.0 Å². The lowest BCUT2D eigenvalue weighted by Gasteiger charge is -2.20. The summed E-state index contributed by atoms with van der Waals surface area (Å²) >= 11 is 6.37. The number of benzene rings is 2. The van der Waals surface area contributed by atoms with E-state index < -0.39 is 5.97 Å². The van der Waals surface area contributed by atoms with Gasteiger partial charge in [0.1, 0.15) is 11.4 Å². The predicted octanol–water partition coefficient (Wildman–Crippen LogP) is 4.42. The Morgan fingerprint density at radius 3 is 2.32 bits per heavy atom. The van der Waals surface area contributed by atoms with Gasteiger partial charge in [-0.3, -0.25) is 4.79 Å². The van der Waals surface area contributed by atoms with Crippen molar-refractivity contribution >= 4 is 56.7 Å². The Bertz CT molecular complexity index is 1560. The van der Waals surface area contributed by atoms with Crippen LogP contribution in [0.2, 0.25) is 0 Å². The minimum Gasteiger partial charge on any atom is -0.493 e. The molecule has 0 bridgehead atoms. The van der Waals surface area contributed by atoms with Crippen molar-refractivity contribution in [3.8, 4) is 17.2 Å². The molecule has 1 aliphatic rings. The molecule has 2 aromatic heterocycles. The maximum Gasteiger partial charge on any atom is 0.352 e. The molecule has 5 rings (SSSR count). The SMILES string of the molecule is COc1cc2cc(C(=O)N3CC(CCl)c4c3cc(N(C)C)c3[nH]c(C(=O)O)cc43)[nH]c2c(OC)c1OC. The van der Waals surface area contributed by atoms with Crippen LogP contribution in [0.3, 0.4) is 0 Å².